The summed E-state index contributed by atoms with van der Waals surface area (Å²) in [6, 6.07) is 15.0. The maximum atomic E-state index is 13.5. The van der Waals surface area contributed by atoms with Crippen molar-refractivity contribution in [1.29, 1.82) is 0 Å². The average molecular weight is 986 g/mol. The van der Waals surface area contributed by atoms with Gasteiger partial charge in [-0.05, 0) is 42.0 Å². The number of fused-ring (bicyclic) bond motifs is 2. The minimum absolute atomic E-state index is 0. The van der Waals surface area contributed by atoms with Crippen molar-refractivity contribution in [3.8, 4) is 34.3 Å². The Morgan fingerprint density at radius 3 is 2.29 bits per heavy atom. The standard InChI is InChI=1S/C37H38N5O19P3.ClH/c1-40(2)21-8-11-24-27(15-21)58-28-16-22(41(3)4)9-12-25(28)30(24)26-14-19(7-10-23(26)36(47)48)33(45)38-13-5-6-20-17-42(37(49)39-34(20)46)35-32(44)31(43)29(59-35)18-57-63(53,54)61-64(55,56)60-62(50,51)52;/h7-12,14-17,29,31-32,35,43-44H,13,18H2,1-4H3,(H6-,38,39,45,46,47,48,49,50,51,52,53,54,55,56);1H/t29-,31-,32-,35-;/m1./s1. The second kappa shape index (κ2) is 19.7. The predicted molar refractivity (Wildman–Crippen MR) is 223 cm³/mol. The van der Waals surface area contributed by atoms with Crippen molar-refractivity contribution in [3.05, 3.63) is 104 Å². The number of halogens is 1. The molecule has 1 aromatic heterocycles. The van der Waals surface area contributed by atoms with Gasteiger partial charge >= 0.3 is 35.1 Å². The first kappa shape index (κ1) is 50.7. The maximum absolute atomic E-state index is 13.5. The van der Waals surface area contributed by atoms with E-state index >= 15 is 0 Å². The molecule has 24 nitrogen and oxygen atoms in total. The summed E-state index contributed by atoms with van der Waals surface area (Å²) in [5, 5.41) is 35.4. The van der Waals surface area contributed by atoms with E-state index in [0.717, 1.165) is 17.2 Å². The van der Waals surface area contributed by atoms with Crippen LogP contribution in [-0.4, -0.2) is 116 Å². The SMILES string of the molecule is CN(C)c1ccc2c(-c3cc(C(=O)NCC#Cc4cn([C@@H]5O[C@H](COP(=O)(O)OP(=O)(O)OP(=O)(O)O)[C@@H](O)[C@H]5O)c(=O)[nH]c4=O)ccc3C(=O)O)c3ccc(=[N+](C)C)cc-3oc2c1.[Cl-]. The fourth-order valence-corrected chi connectivity index (χ4v) is 9.52. The fourth-order valence-electron chi connectivity index (χ4n) is 6.49. The molecule has 6 rings (SSSR count). The van der Waals surface area contributed by atoms with Crippen LogP contribution in [0.2, 0.25) is 0 Å². The summed E-state index contributed by atoms with van der Waals surface area (Å²) in [6.45, 7) is -1.55. The van der Waals surface area contributed by atoms with E-state index in [-0.39, 0.29) is 35.6 Å². The van der Waals surface area contributed by atoms with Gasteiger partial charge in [0.05, 0.1) is 24.8 Å². The summed E-state index contributed by atoms with van der Waals surface area (Å²) in [5.41, 5.74) is -0.0207. The van der Waals surface area contributed by atoms with Crippen molar-refractivity contribution in [2.24, 2.45) is 0 Å². The number of aromatic nitrogens is 2. The van der Waals surface area contributed by atoms with E-state index in [0.29, 0.717) is 32.4 Å². The topological polar surface area (TPSA) is 350 Å². The number of aromatic amines is 1. The monoisotopic (exact) mass is 985 g/mol. The van der Waals surface area contributed by atoms with Crippen LogP contribution in [0.3, 0.4) is 0 Å². The van der Waals surface area contributed by atoms with E-state index in [1.54, 1.807) is 12.1 Å². The number of nitrogens with zero attached hydrogens (tertiary/aromatic N) is 3. The number of carbonyl (C=O) groups is 2. The Labute approximate surface area is 372 Å². The molecule has 1 amide bonds. The number of aliphatic hydroxyl groups is 2. The highest BCUT2D eigenvalue weighted by atomic mass is 35.5. The van der Waals surface area contributed by atoms with Crippen LogP contribution in [0.15, 0.2) is 74.8 Å². The molecule has 3 aliphatic rings. The van der Waals surface area contributed by atoms with Gasteiger partial charge in [0.1, 0.15) is 49.3 Å². The van der Waals surface area contributed by atoms with Crippen molar-refractivity contribution in [2.45, 2.75) is 24.5 Å². The molecular formula is C37H39ClN5O19P3. The van der Waals surface area contributed by atoms with E-state index < -0.39 is 83.3 Å². The summed E-state index contributed by atoms with van der Waals surface area (Å²) in [5.74, 6) is 3.55. The smallest absolute Gasteiger partial charge is 0.490 e. The molecule has 6 atom stereocenters. The summed E-state index contributed by atoms with van der Waals surface area (Å²) in [4.78, 5) is 91.8. The largest absolute Gasteiger partial charge is 1.00 e. The normalized spacial score (nSPS) is 19.0. The second-order valence-corrected chi connectivity index (χ2v) is 18.7. The van der Waals surface area contributed by atoms with Crippen molar-refractivity contribution < 1.29 is 92.9 Å². The number of carbonyl (C=O) groups excluding carboxylic acids is 1. The number of rotatable bonds is 13. The molecule has 3 heterocycles. The van der Waals surface area contributed by atoms with Crippen LogP contribution >= 0.6 is 23.5 Å². The lowest BCUT2D eigenvalue weighted by atomic mass is 9.89. The van der Waals surface area contributed by atoms with Crippen LogP contribution in [0, 0.1) is 11.8 Å². The molecule has 0 bridgehead atoms. The Morgan fingerprint density at radius 2 is 1.65 bits per heavy atom. The van der Waals surface area contributed by atoms with Crippen molar-refractivity contribution in [1.82, 2.24) is 19.4 Å². The molecule has 1 fully saturated rings. The van der Waals surface area contributed by atoms with Gasteiger partial charge in [0, 0.05) is 60.2 Å². The first-order chi connectivity index (χ1) is 29.8. The third-order valence-corrected chi connectivity index (χ3v) is 13.3. The zero-order valence-electron chi connectivity index (χ0n) is 34.1. The molecule has 2 unspecified atom stereocenters. The second-order valence-electron chi connectivity index (χ2n) is 14.3. The molecule has 65 heavy (non-hydrogen) atoms. The lowest BCUT2D eigenvalue weighted by molar-refractivity contribution is -0.0542. The summed E-state index contributed by atoms with van der Waals surface area (Å²) in [6.07, 6.45) is -6.63. The number of amides is 1. The van der Waals surface area contributed by atoms with E-state index in [9.17, 15) is 58.0 Å². The summed E-state index contributed by atoms with van der Waals surface area (Å²) < 4.78 is 60.5. The Bertz CT molecular complexity index is 3060. The van der Waals surface area contributed by atoms with Crippen molar-refractivity contribution >= 4 is 52.0 Å². The summed E-state index contributed by atoms with van der Waals surface area (Å²) in [7, 11) is -9.76. The zero-order valence-corrected chi connectivity index (χ0v) is 37.5. The van der Waals surface area contributed by atoms with E-state index in [1.165, 1.54) is 18.2 Å². The van der Waals surface area contributed by atoms with Crippen molar-refractivity contribution in [2.75, 3.05) is 46.2 Å². The molecule has 9 N–H and O–H groups in total. The minimum atomic E-state index is -5.87. The number of carboxylic acids is 1. The van der Waals surface area contributed by atoms with Gasteiger partial charge in [-0.1, -0.05) is 11.8 Å². The van der Waals surface area contributed by atoms with Crippen LogP contribution in [0.25, 0.3) is 33.4 Å². The van der Waals surface area contributed by atoms with E-state index in [1.807, 2.05) is 66.9 Å². The number of benzene rings is 3. The number of hydrogen-bond acceptors (Lipinski definition) is 15. The molecule has 2 aromatic carbocycles. The van der Waals surface area contributed by atoms with Crippen LogP contribution < -0.4 is 43.8 Å². The zero-order chi connectivity index (χ0) is 47.1. The van der Waals surface area contributed by atoms with Crippen LogP contribution in [-0.2, 0) is 31.6 Å². The molecule has 1 saturated heterocycles. The van der Waals surface area contributed by atoms with Gasteiger partial charge in [0.25, 0.3) is 11.5 Å². The quantitative estimate of drug-likeness (QED) is 0.0257. The van der Waals surface area contributed by atoms with Crippen LogP contribution in [0.5, 0.6) is 0 Å². The van der Waals surface area contributed by atoms with Crippen LogP contribution in [0.1, 0.15) is 32.5 Å². The molecule has 28 heteroatoms. The highest BCUT2D eigenvalue weighted by Crippen LogP contribution is 2.66. The number of ether oxygens (including phenoxy) is 1. The van der Waals surface area contributed by atoms with Gasteiger partial charge in [0.2, 0.25) is 5.36 Å². The number of anilines is 1. The Morgan fingerprint density at radius 1 is 0.938 bits per heavy atom. The molecule has 0 saturated carbocycles. The minimum Gasteiger partial charge on any atom is -1.00 e. The Kier molecular flexibility index (Phi) is 15.3. The fraction of sp³-hybridized carbons (Fsp3) is 0.270. The molecule has 348 valence electrons. The van der Waals surface area contributed by atoms with Gasteiger partial charge in [-0.2, -0.15) is 8.62 Å². The number of carboxylic acid groups (broad SMARTS) is 1. The lowest BCUT2D eigenvalue weighted by Crippen LogP contribution is -3.00. The molecule has 1 aliphatic carbocycles. The average Bonchev–Trinajstić information content (AvgIpc) is 3.47. The van der Waals surface area contributed by atoms with Gasteiger partial charge in [0.15, 0.2) is 6.23 Å². The van der Waals surface area contributed by atoms with Gasteiger partial charge in [-0.15, -0.1) is 0 Å². The number of H-pyrrole nitrogens is 1. The van der Waals surface area contributed by atoms with Crippen molar-refractivity contribution in [3.63, 3.8) is 0 Å². The Balaban J connectivity index is 0.00000793. The van der Waals surface area contributed by atoms with Gasteiger partial charge in [-0.3, -0.25) is 23.7 Å². The number of phosphoric ester groups is 1. The molecule has 0 spiro atoms. The number of hydrogen-bond donors (Lipinski definition) is 9. The van der Waals surface area contributed by atoms with Gasteiger partial charge in [-0.25, -0.2) is 27.9 Å². The Hall–Kier alpha value is -5.31. The highest BCUT2D eigenvalue weighted by molar-refractivity contribution is 7.66. The molecule has 3 aromatic rings. The summed E-state index contributed by atoms with van der Waals surface area (Å²) >= 11 is 0. The predicted octanol–water partition coefficient (Wildman–Crippen LogP) is -2.40. The number of phosphoric acid groups is 3. The molecular weight excluding hydrogens is 947 g/mol. The first-order valence-corrected chi connectivity index (χ1v) is 22.9. The third-order valence-electron chi connectivity index (χ3n) is 9.46. The molecule has 0 radical (unpaired) electrons. The highest BCUT2D eigenvalue weighted by Gasteiger charge is 2.47. The van der Waals surface area contributed by atoms with E-state index in [2.05, 4.69) is 30.3 Å². The maximum Gasteiger partial charge on any atom is 0.490 e. The number of nitrogens with one attached hydrogen (secondary N) is 2. The van der Waals surface area contributed by atoms with Crippen LogP contribution in [0.4, 0.5) is 5.69 Å². The number of aliphatic hydroxyl groups excluding tert-OH is 2. The first-order valence-electron chi connectivity index (χ1n) is 18.3. The molecule has 2 aliphatic heterocycles. The van der Waals surface area contributed by atoms with Gasteiger partial charge < -0.3 is 66.7 Å². The van der Waals surface area contributed by atoms with E-state index in [4.69, 9.17) is 18.9 Å². The third kappa shape index (κ3) is 11.8. The lowest BCUT2D eigenvalue weighted by Gasteiger charge is -2.19. The number of aromatic carboxylic acids is 1.